The number of aromatic nitrogens is 2. The molecular weight excluding hydrogens is 407 g/mol. The summed E-state index contributed by atoms with van der Waals surface area (Å²) >= 11 is 0. The summed E-state index contributed by atoms with van der Waals surface area (Å²) < 4.78 is 1.91. The van der Waals surface area contributed by atoms with Gasteiger partial charge in [-0.3, -0.25) is 14.5 Å². The van der Waals surface area contributed by atoms with E-state index < -0.39 is 0 Å². The van der Waals surface area contributed by atoms with Gasteiger partial charge in [-0.1, -0.05) is 0 Å². The van der Waals surface area contributed by atoms with Gasteiger partial charge in [0.1, 0.15) is 0 Å². The van der Waals surface area contributed by atoms with Gasteiger partial charge >= 0.3 is 0 Å². The third-order valence-electron chi connectivity index (χ3n) is 3.38. The smallest absolute Gasteiger partial charge is 0.223 e. The molecule has 130 valence electrons. The fraction of sp³-hybridized carbons (Fsp3) is 0.667. The van der Waals surface area contributed by atoms with Crippen molar-refractivity contribution in [2.45, 2.75) is 32.7 Å². The molecule has 0 atom stereocenters. The molecule has 1 saturated carbocycles. The van der Waals surface area contributed by atoms with Crippen molar-refractivity contribution in [3.05, 3.63) is 18.5 Å². The Hall–Kier alpha value is -1.32. The van der Waals surface area contributed by atoms with Crippen molar-refractivity contribution in [1.29, 1.82) is 0 Å². The van der Waals surface area contributed by atoms with Crippen molar-refractivity contribution < 1.29 is 4.79 Å². The Balaban J connectivity index is 0.00000264. The molecule has 0 spiro atoms. The SMILES string of the molecule is CCNC(=NCCCn1cccn1)NCCNC(=O)C1CC1.I. The molecule has 0 unspecified atom stereocenters. The van der Waals surface area contributed by atoms with Gasteiger partial charge in [0.05, 0.1) is 0 Å². The highest BCUT2D eigenvalue weighted by atomic mass is 127. The van der Waals surface area contributed by atoms with Crippen molar-refractivity contribution in [1.82, 2.24) is 25.7 Å². The zero-order chi connectivity index (χ0) is 15.6. The summed E-state index contributed by atoms with van der Waals surface area (Å²) in [7, 11) is 0. The van der Waals surface area contributed by atoms with Crippen LogP contribution in [0.2, 0.25) is 0 Å². The van der Waals surface area contributed by atoms with Gasteiger partial charge in [-0.15, -0.1) is 24.0 Å². The summed E-state index contributed by atoms with van der Waals surface area (Å²) in [5.74, 6) is 1.25. The topological polar surface area (TPSA) is 83.3 Å². The Labute approximate surface area is 154 Å². The number of rotatable bonds is 9. The van der Waals surface area contributed by atoms with Gasteiger partial charge in [0.25, 0.3) is 0 Å². The average molecular weight is 434 g/mol. The van der Waals surface area contributed by atoms with Crippen molar-refractivity contribution in [3.8, 4) is 0 Å². The Morgan fingerprint density at radius 3 is 2.74 bits per heavy atom. The van der Waals surface area contributed by atoms with E-state index in [0.717, 1.165) is 44.9 Å². The van der Waals surface area contributed by atoms with E-state index in [9.17, 15) is 4.79 Å². The molecule has 0 aliphatic heterocycles. The number of guanidine groups is 1. The van der Waals surface area contributed by atoms with Crippen molar-refractivity contribution in [3.63, 3.8) is 0 Å². The minimum absolute atomic E-state index is 0. The van der Waals surface area contributed by atoms with Crippen LogP contribution in [0, 0.1) is 5.92 Å². The number of amides is 1. The lowest BCUT2D eigenvalue weighted by atomic mass is 10.4. The number of hydrogen-bond donors (Lipinski definition) is 3. The maximum Gasteiger partial charge on any atom is 0.223 e. The van der Waals surface area contributed by atoms with Crippen LogP contribution >= 0.6 is 24.0 Å². The molecule has 1 amide bonds. The van der Waals surface area contributed by atoms with Gasteiger partial charge in [-0.05, 0) is 32.3 Å². The first-order chi connectivity index (χ1) is 10.8. The predicted molar refractivity (Wildman–Crippen MR) is 102 cm³/mol. The van der Waals surface area contributed by atoms with Crippen LogP contribution < -0.4 is 16.0 Å². The van der Waals surface area contributed by atoms with E-state index in [1.807, 2.05) is 23.9 Å². The maximum absolute atomic E-state index is 11.5. The summed E-state index contributed by atoms with van der Waals surface area (Å²) in [5, 5.41) is 13.5. The molecule has 1 aliphatic rings. The maximum atomic E-state index is 11.5. The molecule has 0 aromatic carbocycles. The van der Waals surface area contributed by atoms with Crippen molar-refractivity contribution in [2.75, 3.05) is 26.2 Å². The normalized spacial score (nSPS) is 14.0. The first-order valence-corrected chi connectivity index (χ1v) is 8.07. The van der Waals surface area contributed by atoms with Crippen LogP contribution in [0.25, 0.3) is 0 Å². The molecule has 8 heteroatoms. The molecule has 1 aliphatic carbocycles. The molecule has 0 bridgehead atoms. The number of carbonyl (C=O) groups is 1. The Kier molecular flexibility index (Phi) is 9.65. The van der Waals surface area contributed by atoms with Gasteiger partial charge in [0, 0.05) is 51.0 Å². The lowest BCUT2D eigenvalue weighted by Gasteiger charge is -2.11. The predicted octanol–water partition coefficient (Wildman–Crippen LogP) is 0.972. The second-order valence-electron chi connectivity index (χ2n) is 5.38. The van der Waals surface area contributed by atoms with Crippen LogP contribution in [0.4, 0.5) is 0 Å². The monoisotopic (exact) mass is 434 g/mol. The van der Waals surface area contributed by atoms with Crippen LogP contribution in [0.1, 0.15) is 26.2 Å². The van der Waals surface area contributed by atoms with E-state index >= 15 is 0 Å². The zero-order valence-electron chi connectivity index (χ0n) is 13.6. The van der Waals surface area contributed by atoms with E-state index in [-0.39, 0.29) is 35.8 Å². The molecule has 1 heterocycles. The first-order valence-electron chi connectivity index (χ1n) is 8.07. The summed E-state index contributed by atoms with van der Waals surface area (Å²) in [5.41, 5.74) is 0. The van der Waals surface area contributed by atoms with Gasteiger partial charge < -0.3 is 16.0 Å². The Morgan fingerprint density at radius 2 is 2.09 bits per heavy atom. The number of hydrogen-bond acceptors (Lipinski definition) is 3. The van der Waals surface area contributed by atoms with Gasteiger partial charge in [0.15, 0.2) is 5.96 Å². The number of nitrogens with zero attached hydrogens (tertiary/aromatic N) is 3. The van der Waals surface area contributed by atoms with Crippen LogP contribution in [-0.2, 0) is 11.3 Å². The first kappa shape index (κ1) is 19.7. The van der Waals surface area contributed by atoms with Gasteiger partial charge in [0.2, 0.25) is 5.91 Å². The fourth-order valence-corrected chi connectivity index (χ4v) is 2.05. The third kappa shape index (κ3) is 8.19. The number of halogens is 1. The van der Waals surface area contributed by atoms with Crippen LogP contribution in [-0.4, -0.2) is 47.8 Å². The summed E-state index contributed by atoms with van der Waals surface area (Å²) in [6, 6.07) is 1.92. The number of aliphatic imine (C=N–C) groups is 1. The summed E-state index contributed by atoms with van der Waals surface area (Å²) in [6.07, 6.45) is 6.76. The fourth-order valence-electron chi connectivity index (χ4n) is 2.05. The highest BCUT2D eigenvalue weighted by Crippen LogP contribution is 2.28. The molecular formula is C15H27IN6O. The van der Waals surface area contributed by atoms with Crippen molar-refractivity contribution in [2.24, 2.45) is 10.9 Å². The van der Waals surface area contributed by atoms with Gasteiger partial charge in [-0.2, -0.15) is 5.10 Å². The summed E-state index contributed by atoms with van der Waals surface area (Å²) in [4.78, 5) is 16.0. The number of nitrogens with one attached hydrogen (secondary N) is 3. The molecule has 0 saturated heterocycles. The second-order valence-corrected chi connectivity index (χ2v) is 5.38. The average Bonchev–Trinajstić information content (AvgIpc) is 3.25. The van der Waals surface area contributed by atoms with E-state index in [1.165, 1.54) is 0 Å². The second kappa shape index (κ2) is 11.3. The van der Waals surface area contributed by atoms with E-state index in [4.69, 9.17) is 0 Å². The number of aryl methyl sites for hydroxylation is 1. The Morgan fingerprint density at radius 1 is 1.30 bits per heavy atom. The molecule has 1 fully saturated rings. The molecule has 7 nitrogen and oxygen atoms in total. The lowest BCUT2D eigenvalue weighted by Crippen LogP contribution is -2.41. The lowest BCUT2D eigenvalue weighted by molar-refractivity contribution is -0.122. The molecule has 0 radical (unpaired) electrons. The molecule has 23 heavy (non-hydrogen) atoms. The largest absolute Gasteiger partial charge is 0.357 e. The summed E-state index contributed by atoms with van der Waals surface area (Å²) in [6.45, 7) is 5.78. The molecule has 1 aromatic rings. The standard InChI is InChI=1S/C15H26N6O.HI/c1-2-16-15(18-7-3-11-21-12-4-8-20-21)19-10-9-17-14(22)13-5-6-13;/h4,8,12-13H,2-3,5-7,9-11H2,1H3,(H,17,22)(H2,16,18,19);1H. The molecule has 3 N–H and O–H groups in total. The Bertz CT molecular complexity index is 472. The highest BCUT2D eigenvalue weighted by Gasteiger charge is 2.28. The van der Waals surface area contributed by atoms with Crippen molar-refractivity contribution >= 4 is 35.8 Å². The van der Waals surface area contributed by atoms with Crippen LogP contribution in [0.5, 0.6) is 0 Å². The molecule has 1 aromatic heterocycles. The third-order valence-corrected chi connectivity index (χ3v) is 3.38. The van der Waals surface area contributed by atoms with Crippen LogP contribution in [0.15, 0.2) is 23.5 Å². The zero-order valence-corrected chi connectivity index (χ0v) is 16.0. The van der Waals surface area contributed by atoms with Gasteiger partial charge in [-0.25, -0.2) is 0 Å². The van der Waals surface area contributed by atoms with E-state index in [1.54, 1.807) is 6.20 Å². The minimum Gasteiger partial charge on any atom is -0.357 e. The highest BCUT2D eigenvalue weighted by molar-refractivity contribution is 14.0. The quantitative estimate of drug-likeness (QED) is 0.234. The minimum atomic E-state index is 0. The number of carbonyl (C=O) groups excluding carboxylic acids is 1. The van der Waals surface area contributed by atoms with E-state index in [0.29, 0.717) is 13.1 Å². The van der Waals surface area contributed by atoms with E-state index in [2.05, 4.69) is 26.0 Å². The van der Waals surface area contributed by atoms with Crippen LogP contribution in [0.3, 0.4) is 0 Å². The molecule has 2 rings (SSSR count).